The zero-order valence-corrected chi connectivity index (χ0v) is 13.0. The van der Waals surface area contributed by atoms with E-state index in [0.29, 0.717) is 0 Å². The van der Waals surface area contributed by atoms with E-state index in [4.69, 9.17) is 0 Å². The van der Waals surface area contributed by atoms with Crippen molar-refractivity contribution in [3.8, 4) is 0 Å². The van der Waals surface area contributed by atoms with Gasteiger partial charge in [-0.15, -0.1) is 11.8 Å². The van der Waals surface area contributed by atoms with Gasteiger partial charge in [-0.25, -0.2) is 17.2 Å². The van der Waals surface area contributed by atoms with Gasteiger partial charge in [-0.1, -0.05) is 0 Å². The van der Waals surface area contributed by atoms with Gasteiger partial charge < -0.3 is 0 Å². The lowest BCUT2D eigenvalue weighted by Gasteiger charge is -2.19. The number of halogens is 2. The second-order valence-corrected chi connectivity index (χ2v) is 7.10. The lowest BCUT2D eigenvalue weighted by atomic mass is 10.3. The average Bonchev–Trinajstić information content (AvgIpc) is 2.49. The third kappa shape index (κ3) is 3.19. The Morgan fingerprint density at radius 2 is 1.62 bits per heavy atom. The van der Waals surface area contributed by atoms with Crippen molar-refractivity contribution in [1.29, 1.82) is 0 Å². The molecule has 21 heavy (non-hydrogen) atoms. The molecule has 0 fully saturated rings. The van der Waals surface area contributed by atoms with Crippen molar-refractivity contribution >= 4 is 27.5 Å². The summed E-state index contributed by atoms with van der Waals surface area (Å²) in [5.41, 5.74) is 0.0582. The quantitative estimate of drug-likeness (QED) is 0.806. The first-order valence-corrected chi connectivity index (χ1v) is 8.61. The summed E-state index contributed by atoms with van der Waals surface area (Å²) in [6.07, 6.45) is 1.89. The van der Waals surface area contributed by atoms with Crippen molar-refractivity contribution in [1.82, 2.24) is 0 Å². The zero-order valence-electron chi connectivity index (χ0n) is 11.4. The third-order valence-electron chi connectivity index (χ3n) is 2.98. The molecule has 0 unspecified atom stereocenters. The molecule has 0 aliphatic rings. The third-order valence-corrected chi connectivity index (χ3v) is 5.53. The van der Waals surface area contributed by atoms with Crippen LogP contribution in [0.1, 0.15) is 0 Å². The van der Waals surface area contributed by atoms with Gasteiger partial charge in [-0.3, -0.25) is 4.31 Å². The Morgan fingerprint density at radius 1 is 1.00 bits per heavy atom. The van der Waals surface area contributed by atoms with E-state index in [2.05, 4.69) is 0 Å². The molecule has 0 saturated heterocycles. The molecule has 0 atom stereocenters. The van der Waals surface area contributed by atoms with Crippen molar-refractivity contribution in [2.24, 2.45) is 0 Å². The fourth-order valence-electron chi connectivity index (χ4n) is 1.73. The summed E-state index contributed by atoms with van der Waals surface area (Å²) in [5.74, 6) is -2.11. The van der Waals surface area contributed by atoms with Crippen LogP contribution in [0.25, 0.3) is 0 Å². The molecule has 0 N–H and O–H groups in total. The Kier molecular flexibility index (Phi) is 4.53. The molecule has 0 saturated carbocycles. The van der Waals surface area contributed by atoms with Crippen LogP contribution in [0.5, 0.6) is 0 Å². The molecule has 0 amide bonds. The molecule has 0 spiro atoms. The largest absolute Gasteiger partial charge is 0.269 e. The Bertz CT molecular complexity index is 746. The van der Waals surface area contributed by atoms with Crippen LogP contribution in [-0.4, -0.2) is 21.7 Å². The number of rotatable bonds is 4. The van der Waals surface area contributed by atoms with Gasteiger partial charge in [0.15, 0.2) is 11.6 Å². The Balaban J connectivity index is 2.39. The second-order valence-electron chi connectivity index (χ2n) is 4.25. The molecular formula is C14H13F2NO2S2. The predicted octanol–water partition coefficient (Wildman–Crippen LogP) is 3.51. The molecular weight excluding hydrogens is 316 g/mol. The molecule has 0 radical (unpaired) electrons. The van der Waals surface area contributed by atoms with Gasteiger partial charge in [0.1, 0.15) is 0 Å². The summed E-state index contributed by atoms with van der Waals surface area (Å²) < 4.78 is 51.9. The number of thioether (sulfide) groups is 1. The summed E-state index contributed by atoms with van der Waals surface area (Å²) in [7, 11) is -2.52. The minimum atomic E-state index is -3.81. The van der Waals surface area contributed by atoms with Crippen LogP contribution in [-0.2, 0) is 10.0 Å². The van der Waals surface area contributed by atoms with Crippen molar-refractivity contribution in [3.63, 3.8) is 0 Å². The van der Waals surface area contributed by atoms with Crippen molar-refractivity contribution in [2.75, 3.05) is 17.6 Å². The molecule has 0 aliphatic heterocycles. The molecule has 0 bridgehead atoms. The highest BCUT2D eigenvalue weighted by atomic mass is 32.2. The Hall–Kier alpha value is -1.60. The lowest BCUT2D eigenvalue weighted by molar-refractivity contribution is 0.509. The number of anilines is 1. The predicted molar refractivity (Wildman–Crippen MR) is 80.2 cm³/mol. The first kappa shape index (κ1) is 15.8. The van der Waals surface area contributed by atoms with E-state index >= 15 is 0 Å². The number of nitrogens with zero attached hydrogens (tertiary/aromatic N) is 1. The monoisotopic (exact) mass is 329 g/mol. The minimum Gasteiger partial charge on any atom is -0.269 e. The van der Waals surface area contributed by atoms with Crippen molar-refractivity contribution < 1.29 is 17.2 Å². The number of hydrogen-bond acceptors (Lipinski definition) is 3. The van der Waals surface area contributed by atoms with E-state index in [1.54, 1.807) is 12.1 Å². The first-order chi connectivity index (χ1) is 9.86. The van der Waals surface area contributed by atoms with Crippen molar-refractivity contribution in [3.05, 3.63) is 54.1 Å². The van der Waals surface area contributed by atoms with E-state index in [1.165, 1.54) is 37.0 Å². The molecule has 0 heterocycles. The average molecular weight is 329 g/mol. The van der Waals surface area contributed by atoms with E-state index < -0.39 is 21.7 Å². The Morgan fingerprint density at radius 3 is 2.14 bits per heavy atom. The Labute approximate surface area is 126 Å². The van der Waals surface area contributed by atoms with Crippen LogP contribution >= 0.6 is 11.8 Å². The zero-order chi connectivity index (χ0) is 15.6. The van der Waals surface area contributed by atoms with Gasteiger partial charge in [0.2, 0.25) is 0 Å². The maximum absolute atomic E-state index is 13.2. The van der Waals surface area contributed by atoms with E-state index in [9.17, 15) is 17.2 Å². The molecule has 2 aromatic rings. The molecule has 2 aromatic carbocycles. The topological polar surface area (TPSA) is 37.4 Å². The molecule has 112 valence electrons. The summed E-state index contributed by atoms with van der Waals surface area (Å²) >= 11 is 1.50. The van der Waals surface area contributed by atoms with E-state index in [-0.39, 0.29) is 10.6 Å². The van der Waals surface area contributed by atoms with Crippen LogP contribution in [0.15, 0.2) is 52.3 Å². The summed E-state index contributed by atoms with van der Waals surface area (Å²) in [6, 6.07) is 9.31. The van der Waals surface area contributed by atoms with Gasteiger partial charge >= 0.3 is 0 Å². The highest BCUT2D eigenvalue weighted by Crippen LogP contribution is 2.25. The van der Waals surface area contributed by atoms with Gasteiger partial charge in [-0.2, -0.15) is 0 Å². The maximum atomic E-state index is 13.2. The van der Waals surface area contributed by atoms with E-state index in [0.717, 1.165) is 21.3 Å². The minimum absolute atomic E-state index is 0.0582. The normalized spacial score (nSPS) is 11.4. The summed E-state index contributed by atoms with van der Waals surface area (Å²) in [6.45, 7) is 0. The summed E-state index contributed by atoms with van der Waals surface area (Å²) in [5, 5.41) is 0. The van der Waals surface area contributed by atoms with Crippen LogP contribution in [0.4, 0.5) is 14.5 Å². The maximum Gasteiger partial charge on any atom is 0.264 e. The van der Waals surface area contributed by atoms with E-state index in [1.807, 2.05) is 6.26 Å². The van der Waals surface area contributed by atoms with Gasteiger partial charge in [-0.05, 0) is 42.7 Å². The molecule has 0 aliphatic carbocycles. The second kappa shape index (κ2) is 6.03. The van der Waals surface area contributed by atoms with Gasteiger partial charge in [0.25, 0.3) is 10.0 Å². The number of benzene rings is 2. The molecule has 7 heteroatoms. The standard InChI is InChI=1S/C14H13F2NO2S2/c1-17(10-3-8-13(15)14(16)9-10)21(18,19)12-6-4-11(20-2)5-7-12/h3-9H,1-2H3. The molecule has 0 aromatic heterocycles. The first-order valence-electron chi connectivity index (χ1n) is 5.94. The fraction of sp³-hybridized carbons (Fsp3) is 0.143. The SMILES string of the molecule is CSc1ccc(S(=O)(=O)N(C)c2ccc(F)c(F)c2)cc1. The highest BCUT2D eigenvalue weighted by Gasteiger charge is 2.22. The highest BCUT2D eigenvalue weighted by molar-refractivity contribution is 7.98. The van der Waals surface area contributed by atoms with Crippen molar-refractivity contribution in [2.45, 2.75) is 9.79 Å². The van der Waals surface area contributed by atoms with Crippen LogP contribution < -0.4 is 4.31 Å². The van der Waals surface area contributed by atoms with Crippen LogP contribution in [0, 0.1) is 11.6 Å². The lowest BCUT2D eigenvalue weighted by Crippen LogP contribution is -2.26. The van der Waals surface area contributed by atoms with Crippen LogP contribution in [0.2, 0.25) is 0 Å². The van der Waals surface area contributed by atoms with Gasteiger partial charge in [0.05, 0.1) is 10.6 Å². The summed E-state index contributed by atoms with van der Waals surface area (Å²) in [4.78, 5) is 1.02. The van der Waals surface area contributed by atoms with Crippen LogP contribution in [0.3, 0.4) is 0 Å². The fourth-order valence-corrected chi connectivity index (χ4v) is 3.32. The molecule has 3 nitrogen and oxygen atoms in total. The number of hydrogen-bond donors (Lipinski definition) is 0. The molecule has 2 rings (SSSR count). The van der Waals surface area contributed by atoms with Gasteiger partial charge in [0, 0.05) is 18.0 Å². The smallest absolute Gasteiger partial charge is 0.264 e. The number of sulfonamides is 1.